The molecule has 2 aromatic carbocycles. The summed E-state index contributed by atoms with van der Waals surface area (Å²) < 4.78 is 9.99. The molecule has 0 spiro atoms. The molecule has 0 amide bonds. The third kappa shape index (κ3) is 3.68. The summed E-state index contributed by atoms with van der Waals surface area (Å²) in [5, 5.41) is 13.3. The van der Waals surface area contributed by atoms with Crippen LogP contribution in [0.2, 0.25) is 5.02 Å². The topological polar surface area (TPSA) is 84.9 Å². The Morgan fingerprint density at radius 2 is 2.00 bits per heavy atom. The number of nitrogens with one attached hydrogen (secondary N) is 1. The monoisotopic (exact) mass is 413 g/mol. The Balaban J connectivity index is 1.62. The van der Waals surface area contributed by atoms with E-state index in [4.69, 9.17) is 16.3 Å². The van der Waals surface area contributed by atoms with Crippen LogP contribution in [-0.4, -0.2) is 30.8 Å². The second-order valence-electron chi connectivity index (χ2n) is 7.14. The van der Waals surface area contributed by atoms with Gasteiger partial charge in [0, 0.05) is 5.92 Å². The van der Waals surface area contributed by atoms with Crippen LogP contribution in [0.15, 0.2) is 48.6 Å². The maximum atomic E-state index is 11.4. The number of carboxylic acid groups (broad SMARTS) is 1. The average Bonchev–Trinajstić information content (AvgIpc) is 3.22. The molecule has 0 saturated heterocycles. The van der Waals surface area contributed by atoms with Crippen molar-refractivity contribution in [3.63, 3.8) is 0 Å². The molecule has 1 heterocycles. The molecule has 1 aliphatic heterocycles. The van der Waals surface area contributed by atoms with E-state index in [1.807, 2.05) is 24.3 Å². The first-order valence-electron chi connectivity index (χ1n) is 9.27. The Labute approximate surface area is 173 Å². The van der Waals surface area contributed by atoms with E-state index in [-0.39, 0.29) is 30.0 Å². The number of halogens is 1. The van der Waals surface area contributed by atoms with Crippen molar-refractivity contribution in [3.8, 4) is 5.75 Å². The Bertz CT molecular complexity index is 985. The Hall–Kier alpha value is -2.99. The lowest BCUT2D eigenvalue weighted by molar-refractivity contribution is -0.142. The highest BCUT2D eigenvalue weighted by molar-refractivity contribution is 6.33. The lowest BCUT2D eigenvalue weighted by Gasteiger charge is -2.38. The van der Waals surface area contributed by atoms with Crippen molar-refractivity contribution in [3.05, 3.63) is 70.3 Å². The fraction of sp³-hybridized carbons (Fsp3) is 0.273. The number of hydrogen-bond acceptors (Lipinski definition) is 5. The van der Waals surface area contributed by atoms with E-state index in [1.165, 1.54) is 13.2 Å². The van der Waals surface area contributed by atoms with E-state index in [2.05, 4.69) is 22.2 Å². The van der Waals surface area contributed by atoms with Gasteiger partial charge in [-0.3, -0.25) is 0 Å². The van der Waals surface area contributed by atoms with E-state index in [1.54, 1.807) is 6.07 Å². The maximum absolute atomic E-state index is 11.4. The Kier molecular flexibility index (Phi) is 5.20. The van der Waals surface area contributed by atoms with E-state index in [9.17, 15) is 14.7 Å². The number of esters is 1. The molecule has 2 aliphatic rings. The fourth-order valence-corrected chi connectivity index (χ4v) is 4.36. The SMILES string of the molecule is COC(=O)COc1ccc([C@H]2Nc3c(Cl)cc(C(=O)O)cc3[C@H]3C=CC[C@H]32)cc1. The predicted octanol–water partition coefficient (Wildman–Crippen LogP) is 4.42. The number of fused-ring (bicyclic) bond motifs is 3. The number of methoxy groups -OCH3 is 1. The Morgan fingerprint density at radius 3 is 2.69 bits per heavy atom. The Morgan fingerprint density at radius 1 is 1.24 bits per heavy atom. The molecule has 3 atom stereocenters. The van der Waals surface area contributed by atoms with Crippen LogP contribution in [0.4, 0.5) is 5.69 Å². The summed E-state index contributed by atoms with van der Waals surface area (Å²) in [7, 11) is 1.32. The maximum Gasteiger partial charge on any atom is 0.343 e. The third-order valence-electron chi connectivity index (χ3n) is 5.49. The van der Waals surface area contributed by atoms with Crippen molar-refractivity contribution in [2.24, 2.45) is 5.92 Å². The molecule has 0 radical (unpaired) electrons. The van der Waals surface area contributed by atoms with Gasteiger partial charge in [0.05, 0.1) is 29.4 Å². The number of allylic oxidation sites excluding steroid dienone is 2. The molecule has 6 nitrogen and oxygen atoms in total. The van der Waals surface area contributed by atoms with Crippen molar-refractivity contribution in [2.45, 2.75) is 18.4 Å². The molecule has 29 heavy (non-hydrogen) atoms. The number of carbonyl (C=O) groups excluding carboxylic acids is 1. The van der Waals surface area contributed by atoms with Crippen LogP contribution in [0, 0.1) is 5.92 Å². The van der Waals surface area contributed by atoms with Gasteiger partial charge in [-0.15, -0.1) is 0 Å². The minimum atomic E-state index is -0.988. The molecule has 4 rings (SSSR count). The molecule has 0 saturated carbocycles. The van der Waals surface area contributed by atoms with Crippen molar-refractivity contribution in [2.75, 3.05) is 19.0 Å². The number of rotatable bonds is 5. The highest BCUT2D eigenvalue weighted by Crippen LogP contribution is 2.51. The standard InChI is InChI=1S/C22H20ClNO5/c1-28-19(25)11-29-14-7-5-12(6-8-14)20-16-4-2-3-15(16)17-9-13(22(26)27)10-18(23)21(17)24-20/h2-3,5-10,15-16,20,24H,4,11H2,1H3,(H,26,27)/t15-,16+,20+/m0/s1. The van der Waals surface area contributed by atoms with E-state index < -0.39 is 11.9 Å². The number of carboxylic acids is 1. The third-order valence-corrected chi connectivity index (χ3v) is 5.79. The van der Waals surface area contributed by atoms with Crippen LogP contribution < -0.4 is 10.1 Å². The summed E-state index contributed by atoms with van der Waals surface area (Å²) in [5.74, 6) is -0.485. The van der Waals surface area contributed by atoms with Crippen molar-refractivity contribution in [1.29, 1.82) is 0 Å². The van der Waals surface area contributed by atoms with Crippen LogP contribution in [0.1, 0.15) is 39.9 Å². The zero-order valence-corrected chi connectivity index (χ0v) is 16.5. The molecule has 0 aromatic heterocycles. The van der Waals surface area contributed by atoms with Gasteiger partial charge in [-0.25, -0.2) is 9.59 Å². The molecule has 0 fully saturated rings. The number of aromatic carboxylic acids is 1. The van der Waals surface area contributed by atoms with Gasteiger partial charge in [-0.1, -0.05) is 35.9 Å². The van der Waals surface area contributed by atoms with Crippen molar-refractivity contribution < 1.29 is 24.2 Å². The van der Waals surface area contributed by atoms with Crippen molar-refractivity contribution >= 4 is 29.2 Å². The molecular formula is C22H20ClNO5. The highest BCUT2D eigenvalue weighted by atomic mass is 35.5. The molecule has 150 valence electrons. The van der Waals surface area contributed by atoms with E-state index >= 15 is 0 Å². The molecule has 2 N–H and O–H groups in total. The first-order valence-corrected chi connectivity index (χ1v) is 9.65. The second-order valence-corrected chi connectivity index (χ2v) is 7.54. The number of hydrogen-bond donors (Lipinski definition) is 2. The van der Waals surface area contributed by atoms with Gasteiger partial charge in [0.1, 0.15) is 5.75 Å². The normalized spacial score (nSPS) is 21.7. The van der Waals surface area contributed by atoms with Crippen LogP contribution in [0.3, 0.4) is 0 Å². The van der Waals surface area contributed by atoms with Gasteiger partial charge < -0.3 is 19.9 Å². The van der Waals surface area contributed by atoms with Gasteiger partial charge in [0.15, 0.2) is 6.61 Å². The molecule has 1 aliphatic carbocycles. The first kappa shape index (κ1) is 19.3. The van der Waals surface area contributed by atoms with Gasteiger partial charge in [-0.2, -0.15) is 0 Å². The molecule has 0 bridgehead atoms. The summed E-state index contributed by atoms with van der Waals surface area (Å²) in [4.78, 5) is 22.7. The molecule has 0 unspecified atom stereocenters. The quantitative estimate of drug-likeness (QED) is 0.557. The van der Waals surface area contributed by atoms with Crippen LogP contribution >= 0.6 is 11.6 Å². The lowest BCUT2D eigenvalue weighted by atomic mass is 9.76. The average molecular weight is 414 g/mol. The second kappa shape index (κ2) is 7.79. The zero-order valence-electron chi connectivity index (χ0n) is 15.7. The van der Waals surface area contributed by atoms with Crippen LogP contribution in [-0.2, 0) is 9.53 Å². The van der Waals surface area contributed by atoms with E-state index in [0.29, 0.717) is 10.8 Å². The molecular weight excluding hydrogens is 394 g/mol. The largest absolute Gasteiger partial charge is 0.482 e. The minimum absolute atomic E-state index is 0.0188. The predicted molar refractivity (Wildman–Crippen MR) is 109 cm³/mol. The van der Waals surface area contributed by atoms with Crippen molar-refractivity contribution in [1.82, 2.24) is 0 Å². The first-order chi connectivity index (χ1) is 14.0. The highest BCUT2D eigenvalue weighted by Gasteiger charge is 2.39. The lowest BCUT2D eigenvalue weighted by Crippen LogP contribution is -2.29. The summed E-state index contributed by atoms with van der Waals surface area (Å²) in [6.45, 7) is -0.138. The zero-order chi connectivity index (χ0) is 20.5. The number of benzene rings is 2. The summed E-state index contributed by atoms with van der Waals surface area (Å²) in [6.07, 6.45) is 5.15. The number of carbonyl (C=O) groups is 2. The molecule has 7 heteroatoms. The van der Waals surface area contributed by atoms with Gasteiger partial charge in [0.2, 0.25) is 0 Å². The van der Waals surface area contributed by atoms with Crippen LogP contribution in [0.25, 0.3) is 0 Å². The summed E-state index contributed by atoms with van der Waals surface area (Å²) in [5.41, 5.74) is 2.96. The van der Waals surface area contributed by atoms with E-state index in [0.717, 1.165) is 23.2 Å². The number of anilines is 1. The smallest absolute Gasteiger partial charge is 0.343 e. The van der Waals surface area contributed by atoms with Gasteiger partial charge >= 0.3 is 11.9 Å². The summed E-state index contributed by atoms with van der Waals surface area (Å²) >= 11 is 6.43. The molecule has 2 aromatic rings. The summed E-state index contributed by atoms with van der Waals surface area (Å²) in [6, 6.07) is 10.8. The fourth-order valence-electron chi connectivity index (χ4n) is 4.08. The van der Waals surface area contributed by atoms with Crippen LogP contribution in [0.5, 0.6) is 5.75 Å². The minimum Gasteiger partial charge on any atom is -0.482 e. The number of ether oxygens (including phenoxy) is 2. The van der Waals surface area contributed by atoms with Gasteiger partial charge in [-0.05, 0) is 47.7 Å². The van der Waals surface area contributed by atoms with Gasteiger partial charge in [0.25, 0.3) is 0 Å².